The molecule has 0 aromatic heterocycles. The van der Waals surface area contributed by atoms with Crippen molar-refractivity contribution in [3.63, 3.8) is 0 Å². The molecule has 1 aliphatic carbocycles. The van der Waals surface area contributed by atoms with Crippen molar-refractivity contribution in [2.24, 2.45) is 0 Å². The number of carbonyl (C=O) groups excluding carboxylic acids is 2. The molecule has 0 saturated heterocycles. The van der Waals surface area contributed by atoms with E-state index in [4.69, 9.17) is 0 Å². The minimum Gasteiger partial charge on any atom is -0.326 e. The molecular weight excluding hydrogens is 354 g/mol. The van der Waals surface area contributed by atoms with E-state index in [1.165, 1.54) is 40.9 Å². The van der Waals surface area contributed by atoms with E-state index in [-0.39, 0.29) is 11.7 Å². The summed E-state index contributed by atoms with van der Waals surface area (Å²) in [5.41, 5.74) is 6.55. The molecular formula is C23H19NO2S. The predicted molar refractivity (Wildman–Crippen MR) is 110 cm³/mol. The summed E-state index contributed by atoms with van der Waals surface area (Å²) in [6.07, 6.45) is 0.940. The Kier molecular flexibility index (Phi) is 4.82. The molecule has 4 rings (SSSR count). The van der Waals surface area contributed by atoms with Crippen LogP contribution in [0.3, 0.4) is 0 Å². The fourth-order valence-corrected chi connectivity index (χ4v) is 4.16. The molecule has 1 N–H and O–H groups in total. The second-order valence-electron chi connectivity index (χ2n) is 6.62. The molecule has 0 heterocycles. The van der Waals surface area contributed by atoms with Gasteiger partial charge in [0.1, 0.15) is 0 Å². The van der Waals surface area contributed by atoms with Gasteiger partial charge in [0.2, 0.25) is 5.91 Å². The van der Waals surface area contributed by atoms with Crippen molar-refractivity contribution in [2.45, 2.75) is 18.2 Å². The first kappa shape index (κ1) is 17.6. The molecule has 3 nitrogen and oxygen atoms in total. The summed E-state index contributed by atoms with van der Waals surface area (Å²) in [7, 11) is 0. The molecule has 0 unspecified atom stereocenters. The van der Waals surface area contributed by atoms with Gasteiger partial charge in [0, 0.05) is 23.1 Å². The van der Waals surface area contributed by atoms with Gasteiger partial charge in [-0.15, -0.1) is 11.8 Å². The molecule has 0 fully saturated rings. The number of hydrogen-bond acceptors (Lipinski definition) is 3. The molecule has 0 radical (unpaired) electrons. The van der Waals surface area contributed by atoms with Gasteiger partial charge < -0.3 is 5.32 Å². The number of anilines is 1. The number of fused-ring (bicyclic) bond motifs is 3. The van der Waals surface area contributed by atoms with Crippen LogP contribution in [0.2, 0.25) is 0 Å². The smallest absolute Gasteiger partial charge is 0.221 e. The number of benzene rings is 3. The van der Waals surface area contributed by atoms with Crippen LogP contribution in [0.15, 0.2) is 71.6 Å². The van der Waals surface area contributed by atoms with Gasteiger partial charge in [-0.3, -0.25) is 9.59 Å². The van der Waals surface area contributed by atoms with Gasteiger partial charge in [0.15, 0.2) is 5.78 Å². The summed E-state index contributed by atoms with van der Waals surface area (Å²) >= 11 is 1.51. The Labute approximate surface area is 162 Å². The summed E-state index contributed by atoms with van der Waals surface area (Å²) in [5.74, 6) is 0.418. The van der Waals surface area contributed by atoms with E-state index >= 15 is 0 Å². The van der Waals surface area contributed by atoms with Crippen molar-refractivity contribution in [3.8, 4) is 11.1 Å². The third-order valence-corrected chi connectivity index (χ3v) is 5.68. The van der Waals surface area contributed by atoms with Crippen LogP contribution >= 0.6 is 11.8 Å². The molecule has 27 heavy (non-hydrogen) atoms. The average molecular weight is 373 g/mol. The zero-order chi connectivity index (χ0) is 18.8. The number of nitrogens with one attached hydrogen (secondary N) is 1. The number of Topliss-reactive ketones (excluding diaryl/α,β-unsaturated/α-hetero) is 1. The Bertz CT molecular complexity index is 1020. The van der Waals surface area contributed by atoms with E-state index in [0.29, 0.717) is 5.75 Å². The van der Waals surface area contributed by atoms with Gasteiger partial charge in [0.25, 0.3) is 0 Å². The zero-order valence-electron chi connectivity index (χ0n) is 15.0. The Balaban J connectivity index is 1.45. The van der Waals surface area contributed by atoms with Gasteiger partial charge >= 0.3 is 0 Å². The fourth-order valence-electron chi connectivity index (χ4n) is 3.37. The van der Waals surface area contributed by atoms with Crippen molar-refractivity contribution in [1.29, 1.82) is 0 Å². The summed E-state index contributed by atoms with van der Waals surface area (Å²) in [6.45, 7) is 1.48. The lowest BCUT2D eigenvalue weighted by molar-refractivity contribution is -0.114. The second kappa shape index (κ2) is 7.41. The van der Waals surface area contributed by atoms with Crippen molar-refractivity contribution in [2.75, 3.05) is 11.1 Å². The number of rotatable bonds is 5. The van der Waals surface area contributed by atoms with Gasteiger partial charge in [-0.25, -0.2) is 0 Å². The number of carbonyl (C=O) groups is 2. The van der Waals surface area contributed by atoms with Crippen LogP contribution in [-0.4, -0.2) is 17.4 Å². The van der Waals surface area contributed by atoms with Crippen LogP contribution in [-0.2, 0) is 11.2 Å². The topological polar surface area (TPSA) is 46.2 Å². The second-order valence-corrected chi connectivity index (χ2v) is 7.67. The molecule has 1 aliphatic rings. The van der Waals surface area contributed by atoms with Crippen molar-refractivity contribution in [1.82, 2.24) is 0 Å². The molecule has 0 aliphatic heterocycles. The summed E-state index contributed by atoms with van der Waals surface area (Å²) in [5, 5.41) is 2.74. The van der Waals surface area contributed by atoms with E-state index in [0.717, 1.165) is 22.6 Å². The number of ketones is 1. The van der Waals surface area contributed by atoms with Crippen LogP contribution < -0.4 is 5.32 Å². The predicted octanol–water partition coefficient (Wildman–Crippen LogP) is 5.19. The zero-order valence-corrected chi connectivity index (χ0v) is 15.8. The molecule has 0 spiro atoms. The van der Waals surface area contributed by atoms with E-state index in [9.17, 15) is 9.59 Å². The van der Waals surface area contributed by atoms with Gasteiger partial charge in [-0.05, 0) is 59.0 Å². The lowest BCUT2D eigenvalue weighted by Crippen LogP contribution is -2.05. The third-order valence-electron chi connectivity index (χ3n) is 4.66. The maximum Gasteiger partial charge on any atom is 0.221 e. The molecule has 4 heteroatoms. The molecule has 3 aromatic carbocycles. The molecule has 0 atom stereocenters. The van der Waals surface area contributed by atoms with E-state index in [1.54, 1.807) is 0 Å². The Morgan fingerprint density at radius 3 is 2.44 bits per heavy atom. The maximum absolute atomic E-state index is 12.7. The standard InChI is InChI=1S/C23H19NO2S/c1-15(25)24-19-8-10-20(11-9-19)27-14-23(26)18-7-6-17-12-16-4-2-3-5-21(16)22(17)13-18/h2-11,13H,12,14H2,1H3,(H,24,25). The summed E-state index contributed by atoms with van der Waals surface area (Å²) < 4.78 is 0. The maximum atomic E-state index is 12.7. The van der Waals surface area contributed by atoms with Gasteiger partial charge in [-0.1, -0.05) is 36.4 Å². The number of amides is 1. The van der Waals surface area contributed by atoms with Crippen LogP contribution in [0.4, 0.5) is 5.69 Å². The quantitative estimate of drug-likeness (QED) is 0.387. The SMILES string of the molecule is CC(=O)Nc1ccc(SCC(=O)c2ccc3c(c2)-c2ccccc2C3)cc1. The third kappa shape index (κ3) is 3.81. The Morgan fingerprint density at radius 2 is 1.67 bits per heavy atom. The number of hydrogen-bond donors (Lipinski definition) is 1. The normalized spacial score (nSPS) is 11.6. The Hall–Kier alpha value is -2.85. The van der Waals surface area contributed by atoms with E-state index in [2.05, 4.69) is 29.6 Å². The van der Waals surface area contributed by atoms with E-state index < -0.39 is 0 Å². The fraction of sp³-hybridized carbons (Fsp3) is 0.130. The van der Waals surface area contributed by atoms with Gasteiger partial charge in [0.05, 0.1) is 5.75 Å². The van der Waals surface area contributed by atoms with Crippen LogP contribution in [0.5, 0.6) is 0 Å². The first-order valence-corrected chi connectivity index (χ1v) is 9.83. The van der Waals surface area contributed by atoms with Crippen LogP contribution in [0.1, 0.15) is 28.4 Å². The largest absolute Gasteiger partial charge is 0.326 e. The minimum atomic E-state index is -0.0937. The molecule has 0 bridgehead atoms. The lowest BCUT2D eigenvalue weighted by atomic mass is 10.0. The van der Waals surface area contributed by atoms with Crippen molar-refractivity contribution in [3.05, 3.63) is 83.4 Å². The highest BCUT2D eigenvalue weighted by molar-refractivity contribution is 8.00. The molecule has 134 valence electrons. The van der Waals surface area contributed by atoms with Crippen LogP contribution in [0.25, 0.3) is 11.1 Å². The highest BCUT2D eigenvalue weighted by Gasteiger charge is 2.19. The molecule has 3 aromatic rings. The van der Waals surface area contributed by atoms with Crippen LogP contribution in [0, 0.1) is 0 Å². The van der Waals surface area contributed by atoms with Crippen molar-refractivity contribution >= 4 is 29.1 Å². The lowest BCUT2D eigenvalue weighted by Gasteiger charge is -2.06. The van der Waals surface area contributed by atoms with E-state index in [1.807, 2.05) is 42.5 Å². The highest BCUT2D eigenvalue weighted by Crippen LogP contribution is 2.37. The van der Waals surface area contributed by atoms with Gasteiger partial charge in [-0.2, -0.15) is 0 Å². The summed E-state index contributed by atoms with van der Waals surface area (Å²) in [6, 6.07) is 22.0. The van der Waals surface area contributed by atoms with Crippen molar-refractivity contribution < 1.29 is 9.59 Å². The monoisotopic (exact) mass is 373 g/mol. The molecule has 0 saturated carbocycles. The minimum absolute atomic E-state index is 0.0937. The number of thioether (sulfide) groups is 1. The highest BCUT2D eigenvalue weighted by atomic mass is 32.2. The summed E-state index contributed by atoms with van der Waals surface area (Å²) in [4.78, 5) is 24.7. The molecule has 1 amide bonds. The first-order chi connectivity index (χ1) is 13.1. The average Bonchev–Trinajstić information content (AvgIpc) is 3.04. The first-order valence-electron chi connectivity index (χ1n) is 8.85. The Morgan fingerprint density at radius 1 is 0.926 bits per heavy atom.